The number of thioether (sulfide) groups is 1. The molecule has 0 rings (SSSR count). The summed E-state index contributed by atoms with van der Waals surface area (Å²) in [6, 6.07) is 0. The van der Waals surface area contributed by atoms with Gasteiger partial charge >= 0.3 is 5.97 Å². The first kappa shape index (κ1) is 23.6. The van der Waals surface area contributed by atoms with Gasteiger partial charge in [0, 0.05) is 24.5 Å². The maximum atomic E-state index is 11.0. The van der Waals surface area contributed by atoms with E-state index in [-0.39, 0.29) is 42.8 Å². The van der Waals surface area contributed by atoms with E-state index in [1.165, 1.54) is 18.7 Å². The molecule has 0 aliphatic carbocycles. The van der Waals surface area contributed by atoms with Crippen molar-refractivity contribution < 1.29 is 14.7 Å². The molecular weight excluding hydrogens is 313 g/mol. The van der Waals surface area contributed by atoms with Crippen LogP contribution in [0.1, 0.15) is 20.3 Å². The number of rotatable bonds is 8. The Balaban J connectivity index is -0.00000128. The van der Waals surface area contributed by atoms with Gasteiger partial charge in [0.05, 0.1) is 5.84 Å². The summed E-state index contributed by atoms with van der Waals surface area (Å²) in [5.41, 5.74) is 9.55. The number of halogens is 2. The van der Waals surface area contributed by atoms with E-state index in [0.29, 0.717) is 18.1 Å². The number of carbonyl (C=O) groups is 2. The molecule has 0 aromatic carbocycles. The lowest BCUT2D eigenvalue weighted by molar-refractivity contribution is -0.144. The van der Waals surface area contributed by atoms with E-state index in [2.05, 4.69) is 4.99 Å². The molecule has 1 atom stereocenters. The van der Waals surface area contributed by atoms with Gasteiger partial charge in [-0.1, -0.05) is 0 Å². The molecular formula is C10H21Cl2N3O3S. The van der Waals surface area contributed by atoms with Crippen molar-refractivity contribution in [2.24, 2.45) is 16.5 Å². The highest BCUT2D eigenvalue weighted by Gasteiger charge is 2.35. The highest BCUT2D eigenvalue weighted by Crippen LogP contribution is 2.16. The number of aliphatic imine (C=N–C) groups is 1. The molecule has 0 radical (unpaired) electrons. The van der Waals surface area contributed by atoms with Crippen LogP contribution in [-0.2, 0) is 9.59 Å². The Labute approximate surface area is 129 Å². The summed E-state index contributed by atoms with van der Waals surface area (Å²) < 4.78 is 0. The average Bonchev–Trinajstić information content (AvgIpc) is 2.15. The molecule has 0 unspecified atom stereocenters. The van der Waals surface area contributed by atoms with Gasteiger partial charge in [-0.05, 0) is 13.8 Å². The Morgan fingerprint density at radius 2 is 1.84 bits per heavy atom. The number of aliphatic carboxylic acids is 1. The predicted octanol–water partition coefficient (Wildman–Crippen LogP) is 0.702. The highest BCUT2D eigenvalue weighted by molar-refractivity contribution is 7.99. The first-order chi connectivity index (χ1) is 7.78. The van der Waals surface area contributed by atoms with Crippen LogP contribution >= 0.6 is 36.6 Å². The molecule has 0 aromatic heterocycles. The van der Waals surface area contributed by atoms with E-state index >= 15 is 0 Å². The molecule has 5 N–H and O–H groups in total. The molecule has 0 bridgehead atoms. The Kier molecular flexibility index (Phi) is 14.1. The molecule has 0 fully saturated rings. The van der Waals surface area contributed by atoms with Gasteiger partial charge in [-0.25, -0.2) is 0 Å². The predicted molar refractivity (Wildman–Crippen MR) is 83.8 cm³/mol. The van der Waals surface area contributed by atoms with Gasteiger partial charge in [-0.15, -0.1) is 24.8 Å². The van der Waals surface area contributed by atoms with Crippen molar-refractivity contribution in [3.63, 3.8) is 0 Å². The van der Waals surface area contributed by atoms with Crippen LogP contribution in [0.3, 0.4) is 0 Å². The number of hydrogen-bond acceptors (Lipinski definition) is 5. The summed E-state index contributed by atoms with van der Waals surface area (Å²) in [7, 11) is 0. The number of nitrogens with zero attached hydrogens (tertiary/aromatic N) is 1. The quantitative estimate of drug-likeness (QED) is 0.342. The Morgan fingerprint density at radius 3 is 2.21 bits per heavy atom. The molecule has 6 nitrogen and oxygen atoms in total. The molecule has 0 spiro atoms. The van der Waals surface area contributed by atoms with Crippen LogP contribution in [0.25, 0.3) is 0 Å². The number of nitrogens with two attached hydrogens (primary N) is 2. The van der Waals surface area contributed by atoms with Crippen LogP contribution in [0.2, 0.25) is 0 Å². The summed E-state index contributed by atoms with van der Waals surface area (Å²) in [6.07, 6.45) is -0.158. The minimum Gasteiger partial charge on any atom is -0.480 e. The van der Waals surface area contributed by atoms with E-state index in [0.717, 1.165) is 0 Å². The molecule has 0 aliphatic rings. The summed E-state index contributed by atoms with van der Waals surface area (Å²) in [5.74, 6) is -0.0867. The molecule has 0 aliphatic heterocycles. The molecule has 0 saturated carbocycles. The van der Waals surface area contributed by atoms with Crippen molar-refractivity contribution in [2.75, 3.05) is 18.1 Å². The van der Waals surface area contributed by atoms with E-state index < -0.39 is 11.5 Å². The number of ketones is 1. The fraction of sp³-hybridized carbons (Fsp3) is 0.700. The zero-order valence-corrected chi connectivity index (χ0v) is 13.4. The van der Waals surface area contributed by atoms with E-state index in [4.69, 9.17) is 16.6 Å². The first-order valence-corrected chi connectivity index (χ1v) is 6.29. The average molecular weight is 334 g/mol. The van der Waals surface area contributed by atoms with Crippen molar-refractivity contribution in [3.8, 4) is 0 Å². The number of Topliss-reactive ketones (excluding diaryl/α,β-unsaturated/α-hetero) is 1. The molecule has 0 heterocycles. The van der Waals surface area contributed by atoms with Crippen molar-refractivity contribution in [1.82, 2.24) is 0 Å². The molecule has 0 saturated heterocycles. The Hall–Kier alpha value is -0.500. The Bertz CT molecular complexity index is 325. The lowest BCUT2D eigenvalue weighted by Gasteiger charge is -2.22. The smallest absolute Gasteiger partial charge is 0.325 e. The van der Waals surface area contributed by atoms with Crippen molar-refractivity contribution in [2.45, 2.75) is 25.8 Å². The summed E-state index contributed by atoms with van der Waals surface area (Å²) in [6.45, 7) is 3.53. The molecule has 9 heteroatoms. The SMILES string of the molecule is CC(=O)C[C@](N)(CSCCN=C(C)N)C(=O)O.Cl.Cl. The normalized spacial score (nSPS) is 13.7. The van der Waals surface area contributed by atoms with Crippen LogP contribution in [0.5, 0.6) is 0 Å². The van der Waals surface area contributed by atoms with Crippen LogP contribution in [0.4, 0.5) is 0 Å². The summed E-state index contributed by atoms with van der Waals surface area (Å²) in [5, 5.41) is 8.99. The van der Waals surface area contributed by atoms with Crippen molar-refractivity contribution >= 4 is 54.2 Å². The van der Waals surface area contributed by atoms with Gasteiger partial charge in [0.25, 0.3) is 0 Å². The van der Waals surface area contributed by atoms with Crippen LogP contribution in [-0.4, -0.2) is 46.3 Å². The van der Waals surface area contributed by atoms with Crippen LogP contribution in [0, 0.1) is 0 Å². The number of carboxylic acid groups (broad SMARTS) is 1. The highest BCUT2D eigenvalue weighted by atomic mass is 35.5. The fourth-order valence-electron chi connectivity index (χ4n) is 1.17. The zero-order chi connectivity index (χ0) is 13.5. The monoisotopic (exact) mass is 333 g/mol. The van der Waals surface area contributed by atoms with Gasteiger partial charge in [0.2, 0.25) is 0 Å². The van der Waals surface area contributed by atoms with Gasteiger partial charge in [-0.3, -0.25) is 14.6 Å². The first-order valence-electron chi connectivity index (χ1n) is 5.14. The fourth-order valence-corrected chi connectivity index (χ4v) is 2.13. The third-order valence-electron chi connectivity index (χ3n) is 1.95. The molecule has 114 valence electrons. The van der Waals surface area contributed by atoms with E-state index in [1.807, 2.05) is 0 Å². The molecule has 19 heavy (non-hydrogen) atoms. The standard InChI is InChI=1S/C10H19N3O3S.2ClH/c1-7(14)5-10(12,9(15)16)6-17-4-3-13-8(2)11;;/h3-6,12H2,1-2H3,(H2,11,13)(H,15,16);2*1H/t10-;;/m0../s1. The van der Waals surface area contributed by atoms with Crippen molar-refractivity contribution in [3.05, 3.63) is 0 Å². The number of carbonyl (C=O) groups excluding carboxylic acids is 1. The molecule has 0 aromatic rings. The largest absolute Gasteiger partial charge is 0.480 e. The zero-order valence-electron chi connectivity index (χ0n) is 10.9. The third kappa shape index (κ3) is 11.1. The van der Waals surface area contributed by atoms with Crippen LogP contribution in [0.15, 0.2) is 4.99 Å². The minimum absolute atomic E-state index is 0. The second-order valence-electron chi connectivity index (χ2n) is 3.92. The lowest BCUT2D eigenvalue weighted by Crippen LogP contribution is -2.51. The summed E-state index contributed by atoms with van der Waals surface area (Å²) >= 11 is 1.35. The minimum atomic E-state index is -1.49. The van der Waals surface area contributed by atoms with E-state index in [9.17, 15) is 9.59 Å². The Morgan fingerprint density at radius 1 is 1.32 bits per heavy atom. The number of amidine groups is 1. The number of carboxylic acids is 1. The van der Waals surface area contributed by atoms with Gasteiger partial charge in [-0.2, -0.15) is 11.8 Å². The maximum absolute atomic E-state index is 11.0. The third-order valence-corrected chi connectivity index (χ3v) is 3.14. The van der Waals surface area contributed by atoms with Crippen LogP contribution < -0.4 is 11.5 Å². The second-order valence-corrected chi connectivity index (χ2v) is 5.02. The summed E-state index contributed by atoms with van der Waals surface area (Å²) in [4.78, 5) is 25.9. The van der Waals surface area contributed by atoms with E-state index in [1.54, 1.807) is 6.92 Å². The van der Waals surface area contributed by atoms with Gasteiger partial charge in [0.15, 0.2) is 0 Å². The topological polar surface area (TPSA) is 119 Å². The number of hydrogen-bond donors (Lipinski definition) is 3. The lowest BCUT2D eigenvalue weighted by atomic mass is 9.97. The van der Waals surface area contributed by atoms with Crippen molar-refractivity contribution in [1.29, 1.82) is 0 Å². The second kappa shape index (κ2) is 11.3. The molecule has 0 amide bonds. The van der Waals surface area contributed by atoms with Gasteiger partial charge in [0.1, 0.15) is 11.3 Å². The van der Waals surface area contributed by atoms with Gasteiger partial charge < -0.3 is 16.6 Å². The maximum Gasteiger partial charge on any atom is 0.325 e.